The number of hydrogen-bond donors (Lipinski definition) is 0. The molecule has 0 atom stereocenters. The van der Waals surface area contributed by atoms with E-state index in [1.165, 1.54) is 23.9 Å². The largest absolute Gasteiger partial charge is 0.318 e. The van der Waals surface area contributed by atoms with E-state index in [-0.39, 0.29) is 22.9 Å². The summed E-state index contributed by atoms with van der Waals surface area (Å²) >= 11 is 1.24. The molecular formula is C28H22FN3O2S. The molecule has 2 heterocycles. The van der Waals surface area contributed by atoms with Crippen molar-refractivity contribution in [1.29, 1.82) is 0 Å². The third kappa shape index (κ3) is 4.31. The molecule has 2 aromatic heterocycles. The van der Waals surface area contributed by atoms with E-state index in [0.29, 0.717) is 27.3 Å². The van der Waals surface area contributed by atoms with E-state index in [2.05, 4.69) is 0 Å². The lowest BCUT2D eigenvalue weighted by atomic mass is 10.2. The Labute approximate surface area is 205 Å². The normalized spacial score (nSPS) is 11.2. The summed E-state index contributed by atoms with van der Waals surface area (Å²) in [5.41, 5.74) is 4.16. The van der Waals surface area contributed by atoms with Crippen LogP contribution in [0.4, 0.5) is 4.39 Å². The number of ketones is 1. The predicted molar refractivity (Wildman–Crippen MR) is 138 cm³/mol. The van der Waals surface area contributed by atoms with Crippen LogP contribution in [-0.4, -0.2) is 25.7 Å². The summed E-state index contributed by atoms with van der Waals surface area (Å²) in [4.78, 5) is 31.3. The van der Waals surface area contributed by atoms with Gasteiger partial charge in [0.05, 0.1) is 22.3 Å². The molecule has 0 radical (unpaired) electrons. The first-order valence-electron chi connectivity index (χ1n) is 11.1. The third-order valence-electron chi connectivity index (χ3n) is 5.91. The van der Waals surface area contributed by atoms with Gasteiger partial charge in [-0.1, -0.05) is 42.1 Å². The molecule has 174 valence electrons. The maximum Gasteiger partial charge on any atom is 0.266 e. The van der Waals surface area contributed by atoms with Crippen LogP contribution >= 0.6 is 11.8 Å². The highest BCUT2D eigenvalue weighted by atomic mass is 32.2. The van der Waals surface area contributed by atoms with Crippen LogP contribution < -0.4 is 5.56 Å². The number of rotatable bonds is 6. The maximum atomic E-state index is 13.4. The number of fused-ring (bicyclic) bond motifs is 1. The Morgan fingerprint density at radius 3 is 2.29 bits per heavy atom. The van der Waals surface area contributed by atoms with Crippen LogP contribution in [0.25, 0.3) is 22.3 Å². The summed E-state index contributed by atoms with van der Waals surface area (Å²) in [6.07, 6.45) is 0. The minimum absolute atomic E-state index is 0.0709. The molecule has 7 heteroatoms. The van der Waals surface area contributed by atoms with Crippen molar-refractivity contribution in [2.24, 2.45) is 0 Å². The van der Waals surface area contributed by atoms with Gasteiger partial charge in [0.15, 0.2) is 10.9 Å². The Hall–Kier alpha value is -3.97. The molecule has 35 heavy (non-hydrogen) atoms. The quantitative estimate of drug-likeness (QED) is 0.171. The second kappa shape index (κ2) is 9.35. The van der Waals surface area contributed by atoms with Gasteiger partial charge in [-0.05, 0) is 68.4 Å². The van der Waals surface area contributed by atoms with Gasteiger partial charge in [0.2, 0.25) is 0 Å². The number of aromatic nitrogens is 3. The smallest absolute Gasteiger partial charge is 0.266 e. The predicted octanol–water partition coefficient (Wildman–Crippen LogP) is 5.91. The van der Waals surface area contributed by atoms with Crippen molar-refractivity contribution in [3.8, 4) is 11.4 Å². The molecule has 0 fully saturated rings. The molecule has 0 aliphatic rings. The molecule has 0 saturated heterocycles. The van der Waals surface area contributed by atoms with Crippen molar-refractivity contribution in [3.05, 3.63) is 118 Å². The van der Waals surface area contributed by atoms with Gasteiger partial charge in [-0.15, -0.1) is 0 Å². The SMILES string of the molecule is Cc1cc(C(=O)CSc2nc3ccccc3c(=O)n2-c2ccccc2)c(C)n1-c1ccc(F)cc1. The van der Waals surface area contributed by atoms with Crippen LogP contribution in [0, 0.1) is 19.7 Å². The summed E-state index contributed by atoms with van der Waals surface area (Å²) in [6.45, 7) is 3.79. The Morgan fingerprint density at radius 1 is 0.886 bits per heavy atom. The van der Waals surface area contributed by atoms with E-state index in [0.717, 1.165) is 17.1 Å². The maximum absolute atomic E-state index is 13.4. The van der Waals surface area contributed by atoms with E-state index in [9.17, 15) is 14.0 Å². The van der Waals surface area contributed by atoms with E-state index in [4.69, 9.17) is 4.98 Å². The van der Waals surface area contributed by atoms with E-state index >= 15 is 0 Å². The van der Waals surface area contributed by atoms with Crippen molar-refractivity contribution in [3.63, 3.8) is 0 Å². The van der Waals surface area contributed by atoms with Crippen molar-refractivity contribution >= 4 is 28.4 Å². The molecule has 0 saturated carbocycles. The third-order valence-corrected chi connectivity index (χ3v) is 6.85. The molecule has 0 aliphatic heterocycles. The fraction of sp³-hybridized carbons (Fsp3) is 0.107. The second-order valence-electron chi connectivity index (χ2n) is 8.20. The van der Waals surface area contributed by atoms with Crippen LogP contribution in [0.1, 0.15) is 21.7 Å². The number of carbonyl (C=O) groups excluding carboxylic acids is 1. The Kier molecular flexibility index (Phi) is 6.09. The zero-order valence-electron chi connectivity index (χ0n) is 19.2. The monoisotopic (exact) mass is 483 g/mol. The number of carbonyl (C=O) groups is 1. The zero-order chi connectivity index (χ0) is 24.5. The molecule has 0 spiro atoms. The first-order chi connectivity index (χ1) is 16.9. The number of hydrogen-bond acceptors (Lipinski definition) is 4. The minimum atomic E-state index is -0.309. The van der Waals surface area contributed by atoms with Crippen molar-refractivity contribution in [1.82, 2.24) is 14.1 Å². The molecule has 0 amide bonds. The van der Waals surface area contributed by atoms with Crippen molar-refractivity contribution in [2.45, 2.75) is 19.0 Å². The number of nitrogens with zero attached hydrogens (tertiary/aromatic N) is 3. The summed E-state index contributed by atoms with van der Waals surface area (Å²) in [6, 6.07) is 24.5. The molecule has 0 bridgehead atoms. The Balaban J connectivity index is 1.49. The minimum Gasteiger partial charge on any atom is -0.318 e. The molecule has 5 aromatic rings. The first-order valence-corrected chi connectivity index (χ1v) is 12.1. The number of para-hydroxylation sites is 2. The summed E-state index contributed by atoms with van der Waals surface area (Å²) in [5, 5.41) is 0.982. The first kappa shape index (κ1) is 22.8. The standard InChI is InChI=1S/C28H22FN3O2S/c1-18-16-24(19(2)31(18)22-14-12-20(29)13-15-22)26(33)17-35-28-30-25-11-7-6-10-23(25)27(34)32(28)21-8-4-3-5-9-21/h3-16H,17H2,1-2H3. The second-order valence-corrected chi connectivity index (χ2v) is 9.14. The van der Waals surface area contributed by atoms with Gasteiger partial charge in [0.1, 0.15) is 5.82 Å². The Bertz CT molecular complexity index is 1610. The average Bonchev–Trinajstić information content (AvgIpc) is 3.17. The Morgan fingerprint density at radius 2 is 1.54 bits per heavy atom. The highest BCUT2D eigenvalue weighted by Crippen LogP contribution is 2.26. The van der Waals surface area contributed by atoms with E-state index in [1.54, 1.807) is 28.8 Å². The highest BCUT2D eigenvalue weighted by molar-refractivity contribution is 7.99. The van der Waals surface area contributed by atoms with Gasteiger partial charge < -0.3 is 4.57 Å². The molecule has 0 unspecified atom stereocenters. The number of aryl methyl sites for hydroxylation is 1. The van der Waals surface area contributed by atoms with E-state index in [1.807, 2.05) is 66.9 Å². The molecule has 5 nitrogen and oxygen atoms in total. The van der Waals surface area contributed by atoms with Crippen LogP contribution in [0.5, 0.6) is 0 Å². The van der Waals surface area contributed by atoms with Gasteiger partial charge in [0.25, 0.3) is 5.56 Å². The molecular weight excluding hydrogens is 461 g/mol. The highest BCUT2D eigenvalue weighted by Gasteiger charge is 2.19. The summed E-state index contributed by atoms with van der Waals surface area (Å²) in [7, 11) is 0. The number of thioether (sulfide) groups is 1. The average molecular weight is 484 g/mol. The van der Waals surface area contributed by atoms with Gasteiger partial charge in [-0.25, -0.2) is 9.37 Å². The topological polar surface area (TPSA) is 56.9 Å². The van der Waals surface area contributed by atoms with Crippen LogP contribution in [0.3, 0.4) is 0 Å². The number of Topliss-reactive ketones (excluding diaryl/α,β-unsaturated/α-hetero) is 1. The van der Waals surface area contributed by atoms with Gasteiger partial charge in [0, 0.05) is 22.6 Å². The molecule has 5 rings (SSSR count). The molecule has 0 N–H and O–H groups in total. The summed E-state index contributed by atoms with van der Waals surface area (Å²) < 4.78 is 16.9. The lowest BCUT2D eigenvalue weighted by Crippen LogP contribution is -2.22. The number of halogens is 1. The van der Waals surface area contributed by atoms with Crippen LogP contribution in [-0.2, 0) is 0 Å². The fourth-order valence-electron chi connectivity index (χ4n) is 4.25. The zero-order valence-corrected chi connectivity index (χ0v) is 20.1. The lowest BCUT2D eigenvalue weighted by molar-refractivity contribution is 0.102. The van der Waals surface area contributed by atoms with Crippen molar-refractivity contribution < 1.29 is 9.18 Å². The van der Waals surface area contributed by atoms with Crippen LogP contribution in [0.15, 0.2) is 94.9 Å². The number of benzene rings is 3. The van der Waals surface area contributed by atoms with Crippen molar-refractivity contribution in [2.75, 3.05) is 5.75 Å². The fourth-order valence-corrected chi connectivity index (χ4v) is 5.15. The summed E-state index contributed by atoms with van der Waals surface area (Å²) in [5.74, 6) is -0.263. The molecule has 3 aromatic carbocycles. The van der Waals surface area contributed by atoms with Gasteiger partial charge >= 0.3 is 0 Å². The van der Waals surface area contributed by atoms with Gasteiger partial charge in [-0.3, -0.25) is 14.2 Å². The van der Waals surface area contributed by atoms with Gasteiger partial charge in [-0.2, -0.15) is 0 Å². The van der Waals surface area contributed by atoms with Crippen LogP contribution in [0.2, 0.25) is 0 Å². The lowest BCUT2D eigenvalue weighted by Gasteiger charge is -2.13. The van der Waals surface area contributed by atoms with E-state index < -0.39 is 0 Å². The molecule has 0 aliphatic carbocycles.